The third-order valence-electron chi connectivity index (χ3n) is 2.76. The Morgan fingerprint density at radius 3 is 2.86 bits per heavy atom. The lowest BCUT2D eigenvalue weighted by atomic mass is 10.1. The molecule has 1 N–H and O–H groups in total. The lowest BCUT2D eigenvalue weighted by Crippen LogP contribution is -2.23. The zero-order chi connectivity index (χ0) is 15.9. The summed E-state index contributed by atoms with van der Waals surface area (Å²) >= 11 is 1.50. The van der Waals surface area contributed by atoms with Gasteiger partial charge in [-0.15, -0.1) is 11.3 Å². The SMILES string of the molecule is N#C/C(=C\c1cccc([N+](=O)[O-])c1)C(=O)NCc1cccs1. The van der Waals surface area contributed by atoms with Crippen molar-refractivity contribution >= 4 is 29.0 Å². The first kappa shape index (κ1) is 15.4. The van der Waals surface area contributed by atoms with Crippen molar-refractivity contribution in [1.29, 1.82) is 5.26 Å². The Balaban J connectivity index is 2.13. The Labute approximate surface area is 130 Å². The number of nitriles is 1. The standard InChI is InChI=1S/C15H11N3O3S/c16-9-12(15(19)17-10-14-5-2-6-22-14)7-11-3-1-4-13(8-11)18(20)21/h1-8H,10H2,(H,17,19)/b12-7+. The van der Waals surface area contributed by atoms with E-state index in [9.17, 15) is 14.9 Å². The fourth-order valence-electron chi connectivity index (χ4n) is 1.72. The highest BCUT2D eigenvalue weighted by molar-refractivity contribution is 7.09. The van der Waals surface area contributed by atoms with Crippen LogP contribution < -0.4 is 5.32 Å². The summed E-state index contributed by atoms with van der Waals surface area (Å²) in [6.07, 6.45) is 1.33. The molecule has 0 spiro atoms. The van der Waals surface area contributed by atoms with Crippen molar-refractivity contribution in [3.63, 3.8) is 0 Å². The van der Waals surface area contributed by atoms with E-state index >= 15 is 0 Å². The van der Waals surface area contributed by atoms with Crippen LogP contribution in [0.5, 0.6) is 0 Å². The van der Waals surface area contributed by atoms with Gasteiger partial charge in [0.25, 0.3) is 11.6 Å². The summed E-state index contributed by atoms with van der Waals surface area (Å²) in [7, 11) is 0. The number of carbonyl (C=O) groups is 1. The van der Waals surface area contributed by atoms with E-state index in [0.29, 0.717) is 12.1 Å². The van der Waals surface area contributed by atoms with Crippen molar-refractivity contribution in [2.75, 3.05) is 0 Å². The van der Waals surface area contributed by atoms with Crippen molar-refractivity contribution < 1.29 is 9.72 Å². The molecule has 0 aliphatic rings. The predicted molar refractivity (Wildman–Crippen MR) is 82.9 cm³/mol. The Morgan fingerprint density at radius 2 is 2.23 bits per heavy atom. The molecular weight excluding hydrogens is 302 g/mol. The molecule has 2 rings (SSSR count). The number of amides is 1. The van der Waals surface area contributed by atoms with E-state index in [-0.39, 0.29) is 11.3 Å². The van der Waals surface area contributed by atoms with Gasteiger partial charge < -0.3 is 5.32 Å². The van der Waals surface area contributed by atoms with E-state index < -0.39 is 10.8 Å². The molecule has 0 atom stereocenters. The first-order valence-electron chi connectivity index (χ1n) is 6.27. The molecule has 6 nitrogen and oxygen atoms in total. The van der Waals surface area contributed by atoms with Crippen LogP contribution in [0.25, 0.3) is 6.08 Å². The Bertz CT molecular complexity index is 761. The molecule has 1 amide bonds. The van der Waals surface area contributed by atoms with Gasteiger partial charge in [0.15, 0.2) is 0 Å². The molecule has 110 valence electrons. The van der Waals surface area contributed by atoms with E-state index in [4.69, 9.17) is 5.26 Å². The fourth-order valence-corrected chi connectivity index (χ4v) is 2.36. The van der Waals surface area contributed by atoms with Gasteiger partial charge in [0.1, 0.15) is 11.6 Å². The van der Waals surface area contributed by atoms with Crippen LogP contribution in [0.2, 0.25) is 0 Å². The molecule has 0 aliphatic carbocycles. The number of hydrogen-bond donors (Lipinski definition) is 1. The summed E-state index contributed by atoms with van der Waals surface area (Å²) in [4.78, 5) is 23.1. The molecule has 0 unspecified atom stereocenters. The number of thiophene rings is 1. The van der Waals surface area contributed by atoms with Crippen LogP contribution >= 0.6 is 11.3 Å². The number of nitro groups is 1. The molecule has 1 aromatic heterocycles. The molecule has 0 bridgehead atoms. The van der Waals surface area contributed by atoms with Crippen LogP contribution in [0, 0.1) is 21.4 Å². The summed E-state index contributed by atoms with van der Waals surface area (Å²) in [5.41, 5.74) is 0.235. The molecule has 22 heavy (non-hydrogen) atoms. The molecular formula is C15H11N3O3S. The molecule has 7 heteroatoms. The lowest BCUT2D eigenvalue weighted by molar-refractivity contribution is -0.384. The van der Waals surface area contributed by atoms with Crippen molar-refractivity contribution in [1.82, 2.24) is 5.32 Å². The van der Waals surface area contributed by atoms with E-state index in [1.54, 1.807) is 6.07 Å². The minimum atomic E-state index is -0.528. The van der Waals surface area contributed by atoms with Gasteiger partial charge in [-0.3, -0.25) is 14.9 Å². The number of carbonyl (C=O) groups excluding carboxylic acids is 1. The highest BCUT2D eigenvalue weighted by Gasteiger charge is 2.10. The number of nitrogens with one attached hydrogen (secondary N) is 1. The maximum atomic E-state index is 12.0. The first-order chi connectivity index (χ1) is 10.6. The summed E-state index contributed by atoms with van der Waals surface area (Å²) in [6, 6.07) is 11.3. The maximum absolute atomic E-state index is 12.0. The van der Waals surface area contributed by atoms with Gasteiger partial charge in [-0.2, -0.15) is 5.26 Å². The zero-order valence-corrected chi connectivity index (χ0v) is 12.2. The van der Waals surface area contributed by atoms with Gasteiger partial charge in [0.05, 0.1) is 11.5 Å². The molecule has 0 aliphatic heterocycles. The second-order valence-electron chi connectivity index (χ2n) is 4.28. The molecule has 0 radical (unpaired) electrons. The Hall–Kier alpha value is -2.98. The van der Waals surface area contributed by atoms with E-state index in [1.165, 1.54) is 35.6 Å². The lowest BCUT2D eigenvalue weighted by Gasteiger charge is -2.02. The van der Waals surface area contributed by atoms with Gasteiger partial charge in [-0.05, 0) is 23.1 Å². The van der Waals surface area contributed by atoms with Crippen molar-refractivity contribution in [3.05, 3.63) is 67.9 Å². The van der Waals surface area contributed by atoms with Crippen LogP contribution in [-0.4, -0.2) is 10.8 Å². The highest BCUT2D eigenvalue weighted by Crippen LogP contribution is 2.16. The third-order valence-corrected chi connectivity index (χ3v) is 3.64. The van der Waals surface area contributed by atoms with Crippen molar-refractivity contribution in [2.24, 2.45) is 0 Å². The van der Waals surface area contributed by atoms with Gasteiger partial charge in [-0.1, -0.05) is 18.2 Å². The molecule has 0 saturated heterocycles. The van der Waals surface area contributed by atoms with Crippen molar-refractivity contribution in [3.8, 4) is 6.07 Å². The van der Waals surface area contributed by atoms with Crippen LogP contribution in [0.1, 0.15) is 10.4 Å². The number of benzene rings is 1. The molecule has 2 aromatic rings. The van der Waals surface area contributed by atoms with Crippen LogP contribution in [0.15, 0.2) is 47.4 Å². The monoisotopic (exact) mass is 313 g/mol. The second-order valence-corrected chi connectivity index (χ2v) is 5.32. The number of non-ortho nitro benzene ring substituents is 1. The average Bonchev–Trinajstić information content (AvgIpc) is 3.04. The van der Waals surface area contributed by atoms with Gasteiger partial charge in [0.2, 0.25) is 0 Å². The zero-order valence-electron chi connectivity index (χ0n) is 11.4. The molecule has 1 aromatic carbocycles. The van der Waals surface area contributed by atoms with Gasteiger partial charge in [0, 0.05) is 17.0 Å². The summed E-state index contributed by atoms with van der Waals surface area (Å²) in [5, 5.41) is 24.3. The van der Waals surface area contributed by atoms with E-state index in [2.05, 4.69) is 5.32 Å². The second kappa shape index (κ2) is 7.15. The topological polar surface area (TPSA) is 96.0 Å². The maximum Gasteiger partial charge on any atom is 0.270 e. The normalized spacial score (nSPS) is 10.8. The smallest absolute Gasteiger partial charge is 0.270 e. The number of hydrogen-bond acceptors (Lipinski definition) is 5. The van der Waals surface area contributed by atoms with Crippen LogP contribution in [-0.2, 0) is 11.3 Å². The fraction of sp³-hybridized carbons (Fsp3) is 0.0667. The largest absolute Gasteiger partial charge is 0.347 e. The minimum Gasteiger partial charge on any atom is -0.347 e. The summed E-state index contributed by atoms with van der Waals surface area (Å²) in [5.74, 6) is -0.512. The molecule has 0 saturated carbocycles. The van der Waals surface area contributed by atoms with Crippen molar-refractivity contribution in [2.45, 2.75) is 6.54 Å². The minimum absolute atomic E-state index is 0.0926. The Morgan fingerprint density at radius 1 is 1.41 bits per heavy atom. The number of nitro benzene ring substituents is 1. The Kier molecular flexibility index (Phi) is 5.01. The van der Waals surface area contributed by atoms with Gasteiger partial charge in [-0.25, -0.2) is 0 Å². The third kappa shape index (κ3) is 4.01. The van der Waals surface area contributed by atoms with Crippen LogP contribution in [0.3, 0.4) is 0 Å². The summed E-state index contributed by atoms with van der Waals surface area (Å²) < 4.78 is 0. The van der Waals surface area contributed by atoms with Gasteiger partial charge >= 0.3 is 0 Å². The quantitative estimate of drug-likeness (QED) is 0.397. The molecule has 1 heterocycles. The van der Waals surface area contributed by atoms with E-state index in [0.717, 1.165) is 4.88 Å². The van der Waals surface area contributed by atoms with Crippen LogP contribution in [0.4, 0.5) is 5.69 Å². The first-order valence-corrected chi connectivity index (χ1v) is 7.15. The number of nitrogens with zero attached hydrogens (tertiary/aromatic N) is 2. The summed E-state index contributed by atoms with van der Waals surface area (Å²) in [6.45, 7) is 0.338. The average molecular weight is 313 g/mol. The van der Waals surface area contributed by atoms with E-state index in [1.807, 2.05) is 23.6 Å². The molecule has 0 fully saturated rings. The number of rotatable bonds is 5. The predicted octanol–water partition coefficient (Wildman–Crippen LogP) is 2.88. The highest BCUT2D eigenvalue weighted by atomic mass is 32.1.